The lowest BCUT2D eigenvalue weighted by Gasteiger charge is -2.10. The van der Waals surface area contributed by atoms with Crippen LogP contribution in [0.3, 0.4) is 0 Å². The molecule has 0 aliphatic heterocycles. The van der Waals surface area contributed by atoms with E-state index in [-0.39, 0.29) is 12.7 Å². The van der Waals surface area contributed by atoms with E-state index in [9.17, 15) is 8.78 Å². The van der Waals surface area contributed by atoms with Crippen LogP contribution in [0.2, 0.25) is 0 Å². The molecule has 1 heterocycles. The molecule has 0 saturated heterocycles. The highest BCUT2D eigenvalue weighted by Gasteiger charge is 2.03. The maximum absolute atomic E-state index is 11.8. The van der Waals surface area contributed by atoms with E-state index in [0.29, 0.717) is 18.4 Å². The lowest BCUT2D eigenvalue weighted by Crippen LogP contribution is -2.15. The van der Waals surface area contributed by atoms with Crippen molar-refractivity contribution in [1.82, 2.24) is 9.97 Å². The number of nitrogens with one attached hydrogen (secondary N) is 1. The molecule has 0 radical (unpaired) electrons. The van der Waals surface area contributed by atoms with E-state index in [1.165, 1.54) is 0 Å². The van der Waals surface area contributed by atoms with Crippen molar-refractivity contribution in [2.24, 2.45) is 0 Å². The SMILES string of the molecule is CC(C)Oc1ccnc(NCCOCC(F)F)n1. The van der Waals surface area contributed by atoms with Gasteiger partial charge in [0.2, 0.25) is 11.8 Å². The Morgan fingerprint density at radius 2 is 2.17 bits per heavy atom. The molecule has 18 heavy (non-hydrogen) atoms. The van der Waals surface area contributed by atoms with Gasteiger partial charge in [-0.3, -0.25) is 0 Å². The summed E-state index contributed by atoms with van der Waals surface area (Å²) in [6, 6.07) is 1.65. The van der Waals surface area contributed by atoms with Crippen LogP contribution in [0.5, 0.6) is 5.88 Å². The number of hydrogen-bond acceptors (Lipinski definition) is 5. The van der Waals surface area contributed by atoms with Gasteiger partial charge in [-0.1, -0.05) is 0 Å². The molecule has 1 aromatic heterocycles. The summed E-state index contributed by atoms with van der Waals surface area (Å²) in [7, 11) is 0. The van der Waals surface area contributed by atoms with Crippen molar-refractivity contribution in [2.45, 2.75) is 26.4 Å². The second kappa shape index (κ2) is 7.75. The molecule has 7 heteroatoms. The third-order valence-electron chi connectivity index (χ3n) is 1.76. The van der Waals surface area contributed by atoms with Gasteiger partial charge in [0, 0.05) is 18.8 Å². The lowest BCUT2D eigenvalue weighted by atomic mass is 10.5. The minimum absolute atomic E-state index is 0.0297. The van der Waals surface area contributed by atoms with Gasteiger partial charge in [0.05, 0.1) is 12.7 Å². The Balaban J connectivity index is 2.29. The zero-order chi connectivity index (χ0) is 13.4. The molecular formula is C11H17F2N3O2. The van der Waals surface area contributed by atoms with Gasteiger partial charge in [0.25, 0.3) is 6.43 Å². The third-order valence-corrected chi connectivity index (χ3v) is 1.76. The number of alkyl halides is 2. The fourth-order valence-corrected chi connectivity index (χ4v) is 1.14. The first-order chi connectivity index (χ1) is 8.58. The molecule has 0 unspecified atom stereocenters. The predicted octanol–water partition coefficient (Wildman–Crippen LogP) is 1.96. The summed E-state index contributed by atoms with van der Waals surface area (Å²) in [6.07, 6.45) is -0.848. The van der Waals surface area contributed by atoms with Gasteiger partial charge in [-0.15, -0.1) is 0 Å². The van der Waals surface area contributed by atoms with E-state index >= 15 is 0 Å². The highest BCUT2D eigenvalue weighted by molar-refractivity contribution is 5.27. The average Bonchev–Trinajstić information content (AvgIpc) is 2.27. The van der Waals surface area contributed by atoms with Crippen LogP contribution in [-0.4, -0.2) is 42.3 Å². The average molecular weight is 261 g/mol. The molecule has 0 fully saturated rings. The van der Waals surface area contributed by atoms with Crippen LogP contribution in [0.1, 0.15) is 13.8 Å². The molecule has 102 valence electrons. The molecule has 0 amide bonds. The predicted molar refractivity (Wildman–Crippen MR) is 63.1 cm³/mol. The Morgan fingerprint density at radius 1 is 1.39 bits per heavy atom. The van der Waals surface area contributed by atoms with Crippen molar-refractivity contribution >= 4 is 5.95 Å². The summed E-state index contributed by atoms with van der Waals surface area (Å²) in [5, 5.41) is 2.86. The van der Waals surface area contributed by atoms with Crippen molar-refractivity contribution in [1.29, 1.82) is 0 Å². The van der Waals surface area contributed by atoms with Gasteiger partial charge < -0.3 is 14.8 Å². The van der Waals surface area contributed by atoms with Gasteiger partial charge in [-0.05, 0) is 13.8 Å². The zero-order valence-corrected chi connectivity index (χ0v) is 10.4. The molecule has 1 N–H and O–H groups in total. The van der Waals surface area contributed by atoms with Crippen LogP contribution in [0.25, 0.3) is 0 Å². The van der Waals surface area contributed by atoms with Crippen LogP contribution in [0, 0.1) is 0 Å². The number of aromatic nitrogens is 2. The zero-order valence-electron chi connectivity index (χ0n) is 10.4. The van der Waals surface area contributed by atoms with Crippen LogP contribution >= 0.6 is 0 Å². The summed E-state index contributed by atoms with van der Waals surface area (Å²) in [4.78, 5) is 8.07. The fraction of sp³-hybridized carbons (Fsp3) is 0.636. The van der Waals surface area contributed by atoms with Crippen molar-refractivity contribution in [3.05, 3.63) is 12.3 Å². The maximum atomic E-state index is 11.8. The number of anilines is 1. The Bertz CT molecular complexity index is 351. The summed E-state index contributed by atoms with van der Waals surface area (Å²) >= 11 is 0. The fourth-order valence-electron chi connectivity index (χ4n) is 1.14. The smallest absolute Gasteiger partial charge is 0.261 e. The molecule has 1 aromatic rings. The summed E-state index contributed by atoms with van der Waals surface area (Å²) < 4.78 is 33.7. The molecular weight excluding hydrogens is 244 g/mol. The van der Waals surface area contributed by atoms with E-state index in [1.54, 1.807) is 12.3 Å². The van der Waals surface area contributed by atoms with Crippen molar-refractivity contribution < 1.29 is 18.3 Å². The van der Waals surface area contributed by atoms with E-state index in [1.807, 2.05) is 13.8 Å². The summed E-state index contributed by atoms with van der Waals surface area (Å²) in [5.41, 5.74) is 0. The van der Waals surface area contributed by atoms with E-state index in [4.69, 9.17) is 9.47 Å². The van der Waals surface area contributed by atoms with Crippen molar-refractivity contribution in [3.63, 3.8) is 0 Å². The molecule has 0 atom stereocenters. The van der Waals surface area contributed by atoms with Crippen LogP contribution < -0.4 is 10.1 Å². The second-order valence-corrected chi connectivity index (χ2v) is 3.78. The molecule has 0 saturated carbocycles. The number of ether oxygens (including phenoxy) is 2. The molecule has 5 nitrogen and oxygen atoms in total. The van der Waals surface area contributed by atoms with Crippen molar-refractivity contribution in [3.8, 4) is 5.88 Å². The lowest BCUT2D eigenvalue weighted by molar-refractivity contribution is 0.0214. The standard InChI is InChI=1S/C11H17F2N3O2/c1-8(2)18-10-3-4-14-11(16-10)15-5-6-17-7-9(12)13/h3-4,8-9H,5-7H2,1-2H3,(H,14,15,16). The second-order valence-electron chi connectivity index (χ2n) is 3.78. The Hall–Kier alpha value is -1.50. The first-order valence-corrected chi connectivity index (χ1v) is 5.67. The largest absolute Gasteiger partial charge is 0.475 e. The van der Waals surface area contributed by atoms with E-state index in [0.717, 1.165) is 0 Å². The minimum Gasteiger partial charge on any atom is -0.475 e. The quantitative estimate of drug-likeness (QED) is 0.725. The van der Waals surface area contributed by atoms with Gasteiger partial charge in [0.1, 0.15) is 6.61 Å². The molecule has 0 spiro atoms. The Labute approximate surface area is 105 Å². The topological polar surface area (TPSA) is 56.3 Å². The first-order valence-electron chi connectivity index (χ1n) is 5.67. The molecule has 1 rings (SSSR count). The van der Waals surface area contributed by atoms with Crippen molar-refractivity contribution in [2.75, 3.05) is 25.1 Å². The Kier molecular flexibility index (Phi) is 6.27. The minimum atomic E-state index is -2.44. The van der Waals surface area contributed by atoms with Gasteiger partial charge in [0.15, 0.2) is 0 Å². The van der Waals surface area contributed by atoms with E-state index < -0.39 is 13.0 Å². The molecule has 0 aliphatic rings. The van der Waals surface area contributed by atoms with Gasteiger partial charge >= 0.3 is 0 Å². The van der Waals surface area contributed by atoms with Gasteiger partial charge in [-0.2, -0.15) is 4.98 Å². The third kappa shape index (κ3) is 6.29. The molecule has 0 aliphatic carbocycles. The molecule has 0 aromatic carbocycles. The first kappa shape index (κ1) is 14.6. The number of nitrogens with zero attached hydrogens (tertiary/aromatic N) is 2. The van der Waals surface area contributed by atoms with Crippen LogP contribution in [0.15, 0.2) is 12.3 Å². The monoisotopic (exact) mass is 261 g/mol. The number of rotatable bonds is 8. The highest BCUT2D eigenvalue weighted by atomic mass is 19.3. The maximum Gasteiger partial charge on any atom is 0.261 e. The summed E-state index contributed by atoms with van der Waals surface area (Å²) in [6.45, 7) is 3.76. The normalized spacial score (nSPS) is 11.0. The van der Waals surface area contributed by atoms with Crippen LogP contribution in [-0.2, 0) is 4.74 Å². The van der Waals surface area contributed by atoms with Crippen LogP contribution in [0.4, 0.5) is 14.7 Å². The number of hydrogen-bond donors (Lipinski definition) is 1. The van der Waals surface area contributed by atoms with Gasteiger partial charge in [-0.25, -0.2) is 13.8 Å². The highest BCUT2D eigenvalue weighted by Crippen LogP contribution is 2.09. The Morgan fingerprint density at radius 3 is 2.83 bits per heavy atom. The molecule has 0 bridgehead atoms. The van der Waals surface area contributed by atoms with E-state index in [2.05, 4.69) is 15.3 Å². The number of halogens is 2. The summed E-state index contributed by atoms with van der Waals surface area (Å²) in [5.74, 6) is 0.852.